The number of aliphatic carboxylic acids is 1. The minimum absolute atomic E-state index is 0.869. The van der Waals surface area contributed by atoms with Gasteiger partial charge in [0, 0.05) is 7.11 Å². The lowest BCUT2D eigenvalue weighted by molar-refractivity contribution is -0.132. The molecule has 0 heterocycles. The molecule has 0 fully saturated rings. The first kappa shape index (κ1) is 13.0. The van der Waals surface area contributed by atoms with E-state index in [0.29, 0.717) is 0 Å². The molecule has 0 amide bonds. The van der Waals surface area contributed by atoms with Gasteiger partial charge in [0.1, 0.15) is 17.2 Å². The van der Waals surface area contributed by atoms with Gasteiger partial charge in [-0.25, -0.2) is 9.59 Å². The topological polar surface area (TPSA) is 121 Å². The molecule has 80 valence electrons. The Morgan fingerprint density at radius 1 is 1.64 bits per heavy atom. The van der Waals surface area contributed by atoms with Crippen molar-refractivity contribution in [3.05, 3.63) is 5.57 Å². The van der Waals surface area contributed by atoms with Gasteiger partial charge < -0.3 is 19.6 Å². The molecule has 0 aliphatic carbocycles. The van der Waals surface area contributed by atoms with E-state index in [1.165, 1.54) is 0 Å². The number of carboxylic acid groups (broad SMARTS) is 1. The lowest BCUT2D eigenvalue weighted by Crippen LogP contribution is -2.23. The molecule has 2 atom stereocenters. The lowest BCUT2D eigenvalue weighted by atomic mass is 10.2. The monoisotopic (exact) mass is 224 g/mol. The molecule has 0 aliphatic heterocycles. The first-order chi connectivity index (χ1) is 6.40. The molecule has 14 heavy (non-hydrogen) atoms. The number of aliphatic hydroxyl groups excluding tert-OH is 1. The number of hydrogen-bond donors (Lipinski definition) is 3. The molecule has 0 saturated carbocycles. The fourth-order valence-corrected chi connectivity index (χ4v) is 1.69. The van der Waals surface area contributed by atoms with E-state index in [9.17, 15) is 14.2 Å². The van der Waals surface area contributed by atoms with Gasteiger partial charge in [0.2, 0.25) is 0 Å². The second-order valence-corrected chi connectivity index (χ2v) is 4.38. The number of carbonyl (C=O) groups excluding carboxylic acids is 1. The van der Waals surface area contributed by atoms with Crippen molar-refractivity contribution in [2.45, 2.75) is 5.66 Å². The zero-order chi connectivity index (χ0) is 11.4. The van der Waals surface area contributed by atoms with Crippen molar-refractivity contribution in [2.75, 3.05) is 13.7 Å². The van der Waals surface area contributed by atoms with Crippen molar-refractivity contribution in [3.63, 3.8) is 0 Å². The Kier molecular flexibility index (Phi) is 4.70. The average molecular weight is 224 g/mol. The smallest absolute Gasteiger partial charge is 0.343 e. The van der Waals surface area contributed by atoms with Crippen LogP contribution < -0.4 is 0 Å². The van der Waals surface area contributed by atoms with Crippen LogP contribution in [-0.4, -0.2) is 46.4 Å². The van der Waals surface area contributed by atoms with Crippen molar-refractivity contribution in [2.24, 2.45) is 0 Å². The Hall–Kier alpha value is -0.970. The molecular weight excluding hydrogens is 215 g/mol. The molecule has 0 spiro atoms. The van der Waals surface area contributed by atoms with Crippen LogP contribution in [-0.2, 0) is 18.7 Å². The van der Waals surface area contributed by atoms with E-state index in [4.69, 9.17) is 15.1 Å². The van der Waals surface area contributed by atoms with Gasteiger partial charge in [-0.2, -0.15) is 0 Å². The fourth-order valence-electron chi connectivity index (χ4n) is 0.739. The Balaban J connectivity index is 5.19. The van der Waals surface area contributed by atoms with E-state index in [1.54, 1.807) is 0 Å². The summed E-state index contributed by atoms with van der Waals surface area (Å²) in [7, 11) is -3.47. The number of carboxylic acids is 1. The van der Waals surface area contributed by atoms with E-state index in [1.807, 2.05) is 0 Å². The van der Waals surface area contributed by atoms with Crippen molar-refractivity contribution in [1.29, 1.82) is 0 Å². The molecule has 0 aliphatic rings. The van der Waals surface area contributed by atoms with Gasteiger partial charge >= 0.3 is 13.6 Å². The highest BCUT2D eigenvalue weighted by Crippen LogP contribution is 2.48. The Morgan fingerprint density at radius 3 is 2.36 bits per heavy atom. The summed E-state index contributed by atoms with van der Waals surface area (Å²) in [5.74, 6) is -0.729. The molecule has 0 aromatic rings. The summed E-state index contributed by atoms with van der Waals surface area (Å²) in [6.07, 6.45) is 0. The zero-order valence-electron chi connectivity index (χ0n) is 7.21. The second-order valence-electron chi connectivity index (χ2n) is 2.27. The number of hydrogen-bond acceptors (Lipinski definition) is 5. The number of aliphatic hydroxyl groups is 1. The standard InChI is InChI=1S/C6H9O7P/c1-13-14(11,12)5(3-8)4(2-7)6(9)10/h5,8H,3H2,1H3,(H,9,10)(H,11,12). The van der Waals surface area contributed by atoms with Gasteiger partial charge in [0.15, 0.2) is 0 Å². The number of rotatable bonds is 5. The highest BCUT2D eigenvalue weighted by atomic mass is 31.2. The fraction of sp³-hybridized carbons (Fsp3) is 0.500. The van der Waals surface area contributed by atoms with Crippen LogP contribution in [0.1, 0.15) is 0 Å². The van der Waals surface area contributed by atoms with Gasteiger partial charge in [0.25, 0.3) is 0 Å². The van der Waals surface area contributed by atoms with Crippen molar-refractivity contribution in [1.82, 2.24) is 0 Å². The second kappa shape index (κ2) is 5.05. The third-order valence-electron chi connectivity index (χ3n) is 1.50. The van der Waals surface area contributed by atoms with Crippen molar-refractivity contribution >= 4 is 19.5 Å². The van der Waals surface area contributed by atoms with E-state index in [2.05, 4.69) is 4.52 Å². The molecule has 0 radical (unpaired) electrons. The summed E-state index contributed by atoms with van der Waals surface area (Å²) >= 11 is 0. The van der Waals surface area contributed by atoms with Crippen LogP contribution in [0.5, 0.6) is 0 Å². The molecular formula is C6H9O7P. The van der Waals surface area contributed by atoms with Crippen LogP contribution >= 0.6 is 7.60 Å². The van der Waals surface area contributed by atoms with Crippen LogP contribution in [0.3, 0.4) is 0 Å². The molecule has 0 rings (SSSR count). The van der Waals surface area contributed by atoms with Crippen molar-refractivity contribution in [3.8, 4) is 0 Å². The minimum Gasteiger partial charge on any atom is -0.477 e. The quantitative estimate of drug-likeness (QED) is 0.311. The maximum Gasteiger partial charge on any atom is 0.343 e. The van der Waals surface area contributed by atoms with E-state index < -0.39 is 31.4 Å². The minimum atomic E-state index is -4.34. The first-order valence-corrected chi connectivity index (χ1v) is 5.02. The molecule has 2 unspecified atom stereocenters. The summed E-state index contributed by atoms with van der Waals surface area (Å²) in [5, 5.41) is 17.1. The lowest BCUT2D eigenvalue weighted by Gasteiger charge is -2.17. The van der Waals surface area contributed by atoms with Gasteiger partial charge in [-0.15, -0.1) is 0 Å². The average Bonchev–Trinajstić information content (AvgIpc) is 2.12. The normalized spacial score (nSPS) is 16.5. The molecule has 0 bridgehead atoms. The Morgan fingerprint density at radius 2 is 2.14 bits per heavy atom. The summed E-state index contributed by atoms with van der Waals surface area (Å²) in [5.41, 5.74) is -2.79. The third-order valence-corrected chi connectivity index (χ3v) is 3.23. The number of carbonyl (C=O) groups is 1. The predicted octanol–water partition coefficient (Wildman–Crippen LogP) is -0.978. The largest absolute Gasteiger partial charge is 0.477 e. The first-order valence-electron chi connectivity index (χ1n) is 3.38. The maximum atomic E-state index is 11.1. The van der Waals surface area contributed by atoms with Crippen LogP contribution in [0.2, 0.25) is 0 Å². The van der Waals surface area contributed by atoms with E-state index in [-0.39, 0.29) is 0 Å². The van der Waals surface area contributed by atoms with Crippen LogP contribution in [0.25, 0.3) is 0 Å². The van der Waals surface area contributed by atoms with Crippen LogP contribution in [0.4, 0.5) is 0 Å². The highest BCUT2D eigenvalue weighted by Gasteiger charge is 2.38. The van der Waals surface area contributed by atoms with Crippen LogP contribution in [0.15, 0.2) is 5.57 Å². The summed E-state index contributed by atoms with van der Waals surface area (Å²) in [4.78, 5) is 29.6. The van der Waals surface area contributed by atoms with Gasteiger partial charge in [-0.3, -0.25) is 4.57 Å². The van der Waals surface area contributed by atoms with E-state index in [0.717, 1.165) is 13.1 Å². The third kappa shape index (κ3) is 2.77. The maximum absolute atomic E-state index is 11.1. The summed E-state index contributed by atoms with van der Waals surface area (Å²) in [6, 6.07) is 0. The molecule has 7 nitrogen and oxygen atoms in total. The van der Waals surface area contributed by atoms with Gasteiger partial charge in [-0.05, 0) is 0 Å². The van der Waals surface area contributed by atoms with Crippen LogP contribution in [0, 0.1) is 0 Å². The summed E-state index contributed by atoms with van der Waals surface area (Å²) < 4.78 is 15.2. The predicted molar refractivity (Wildman–Crippen MR) is 44.6 cm³/mol. The molecule has 8 heteroatoms. The van der Waals surface area contributed by atoms with Crippen molar-refractivity contribution < 1.29 is 33.8 Å². The zero-order valence-corrected chi connectivity index (χ0v) is 8.10. The SMILES string of the molecule is COP(=O)(O)C(CO)C(=C=O)C(=O)O. The van der Waals surface area contributed by atoms with E-state index >= 15 is 0 Å². The molecule has 0 aromatic heterocycles. The van der Waals surface area contributed by atoms with Gasteiger partial charge in [0.05, 0.1) is 6.61 Å². The Bertz CT molecular complexity index is 316. The van der Waals surface area contributed by atoms with Gasteiger partial charge in [-0.1, -0.05) is 0 Å². The Labute approximate surface area is 79.2 Å². The summed E-state index contributed by atoms with van der Waals surface area (Å²) in [6.45, 7) is -0.988. The molecule has 0 saturated heterocycles. The highest BCUT2D eigenvalue weighted by molar-refractivity contribution is 7.54. The molecule has 0 aromatic carbocycles. The molecule has 3 N–H and O–H groups in total.